The molecule has 4 heterocycles. The molecular formula is C60H85Br2ClN6O16S2. The third-order valence-corrected chi connectivity index (χ3v) is 19.2. The standard InChI is InChI=1S/C29H38BrN3O8S.C27H37N3O7S.C2H2BrClO.2CH4/c1-19(2)16-33(42(37,38)22-10-8-21(9-11-22)31-27(35)15-30)17-25(34)24(14-20-6-4-3-5-7-20)32-29(36)41-26-18-40-28-23(26)12-13-39-28;1-18(2)15-30(38(33,34)21-10-8-20(28)9-11-21)16-24(31)23(14-19-6-4-3-5-7-19)29-27(32)37-25-17-36-26-22(25)12-13-35-26;3-1-2(4)5;;/h3-11,19,23-26,28,34H,12-18H2,1-2H3,(H,31,35)(H,32,36);3-11,18,22-26,31H,12-17,28H2,1-2H3,(H,29,32);1H2;2*1H4/t23-,24-,25+,26-,28+;22-,23-,24+,25-,26+;;;/m00.../s1. The number of fused-ring (bicyclic) bond motifs is 2. The lowest BCUT2D eigenvalue weighted by molar-refractivity contribution is -0.113. The van der Waals surface area contributed by atoms with E-state index in [1.54, 1.807) is 0 Å². The second kappa shape index (κ2) is 36.1. The van der Waals surface area contributed by atoms with E-state index in [4.69, 9.17) is 45.8 Å². The Morgan fingerprint density at radius 1 is 0.609 bits per heavy atom. The minimum absolute atomic E-state index is 0. The van der Waals surface area contributed by atoms with E-state index >= 15 is 0 Å². The molecule has 0 saturated carbocycles. The van der Waals surface area contributed by atoms with Gasteiger partial charge in [0.05, 0.1) is 83.0 Å². The number of carbonyl (C=O) groups is 4. The summed E-state index contributed by atoms with van der Waals surface area (Å²) < 4.78 is 90.3. The molecule has 10 atom stereocenters. The van der Waals surface area contributed by atoms with Crippen LogP contribution in [0.5, 0.6) is 0 Å². The van der Waals surface area contributed by atoms with Gasteiger partial charge in [-0.15, -0.1) is 0 Å². The highest BCUT2D eigenvalue weighted by Gasteiger charge is 2.46. The second-order valence-electron chi connectivity index (χ2n) is 21.6. The molecule has 4 saturated heterocycles. The number of rotatable bonds is 25. The average molecular weight is 1410 g/mol. The van der Waals surface area contributed by atoms with E-state index in [0.717, 1.165) is 24.0 Å². The lowest BCUT2D eigenvalue weighted by Crippen LogP contribution is -2.51. The fourth-order valence-corrected chi connectivity index (χ4v) is 13.3. The third-order valence-electron chi connectivity index (χ3n) is 14.1. The molecule has 0 unspecified atom stereocenters. The normalized spacial score (nSPS) is 20.8. The summed E-state index contributed by atoms with van der Waals surface area (Å²) in [6.07, 6.45) is -3.52. The monoisotopic (exact) mass is 1400 g/mol. The maximum Gasteiger partial charge on any atom is 0.407 e. The highest BCUT2D eigenvalue weighted by molar-refractivity contribution is 9.09. The van der Waals surface area contributed by atoms with Gasteiger partial charge in [-0.1, -0.05) is 135 Å². The molecule has 7 N–H and O–H groups in total. The minimum atomic E-state index is -4.03. The van der Waals surface area contributed by atoms with E-state index in [9.17, 15) is 46.2 Å². The zero-order valence-electron chi connectivity index (χ0n) is 47.8. The van der Waals surface area contributed by atoms with Crippen LogP contribution >= 0.6 is 43.5 Å². The maximum atomic E-state index is 13.7. The summed E-state index contributed by atoms with van der Waals surface area (Å²) in [5.41, 5.74) is 8.38. The molecule has 4 aromatic rings. The number of nitrogens with zero attached hydrogens (tertiary/aromatic N) is 2. The molecule has 0 radical (unpaired) electrons. The molecule has 8 rings (SSSR count). The van der Waals surface area contributed by atoms with Crippen molar-refractivity contribution in [3.63, 3.8) is 0 Å². The number of amides is 3. The number of ether oxygens (including phenoxy) is 6. The number of nitrogens with two attached hydrogens (primary N) is 1. The third kappa shape index (κ3) is 22.9. The van der Waals surface area contributed by atoms with Gasteiger partial charge in [-0.2, -0.15) is 8.61 Å². The van der Waals surface area contributed by atoms with E-state index < -0.39 is 68.7 Å². The van der Waals surface area contributed by atoms with Gasteiger partial charge in [-0.05, 0) is 109 Å². The number of carbonyl (C=O) groups excluding carboxylic acids is 4. The molecule has 484 valence electrons. The summed E-state index contributed by atoms with van der Waals surface area (Å²) in [5.74, 6) is -0.370. The van der Waals surface area contributed by atoms with E-state index in [-0.39, 0.29) is 135 Å². The molecule has 27 heteroatoms. The Morgan fingerprint density at radius 3 is 1.34 bits per heavy atom. The number of hydrogen-bond acceptors (Lipinski definition) is 17. The van der Waals surface area contributed by atoms with Crippen LogP contribution in [0.1, 0.15) is 66.5 Å². The first kappa shape index (κ1) is 74.7. The quantitative estimate of drug-likeness (QED) is 0.0208. The SMILES string of the molecule is C.C.CC(C)CN(C[C@@H](O)[C@H](Cc1ccccc1)NC(=O)O[C@H]1CO[C@H]2OCC[C@H]21)S(=O)(=O)c1ccc(N)cc1.CC(C)CN(C[C@@H](O)[C@H](Cc1ccccc1)NC(=O)O[C@H]1CO[C@H]2OCC[C@H]21)S(=O)(=O)c1ccc(NC(=O)CBr)cc1.O=C(Cl)CBr. The van der Waals surface area contributed by atoms with Gasteiger partial charge in [0, 0.05) is 37.6 Å². The molecule has 0 spiro atoms. The Labute approximate surface area is 534 Å². The summed E-state index contributed by atoms with van der Waals surface area (Å²) >= 11 is 10.7. The number of anilines is 2. The van der Waals surface area contributed by atoms with Crippen LogP contribution in [-0.4, -0.2) is 171 Å². The van der Waals surface area contributed by atoms with Gasteiger partial charge in [0.1, 0.15) is 12.2 Å². The number of benzene rings is 4. The van der Waals surface area contributed by atoms with E-state index in [1.807, 2.05) is 88.4 Å². The molecule has 4 aromatic carbocycles. The zero-order valence-corrected chi connectivity index (χ0v) is 53.3. The van der Waals surface area contributed by atoms with Crippen LogP contribution in [0.2, 0.25) is 0 Å². The van der Waals surface area contributed by atoms with Gasteiger partial charge in [-0.3, -0.25) is 9.59 Å². The molecule has 22 nitrogen and oxygen atoms in total. The molecule has 0 bridgehead atoms. The number of halogens is 3. The minimum Gasteiger partial charge on any atom is -0.443 e. The summed E-state index contributed by atoms with van der Waals surface area (Å²) in [4.78, 5) is 47.2. The highest BCUT2D eigenvalue weighted by Crippen LogP contribution is 2.34. The van der Waals surface area contributed by atoms with Crippen molar-refractivity contribution in [2.45, 2.75) is 127 Å². The van der Waals surface area contributed by atoms with Crippen molar-refractivity contribution in [2.75, 3.05) is 74.3 Å². The first-order valence-electron chi connectivity index (χ1n) is 27.9. The van der Waals surface area contributed by atoms with Gasteiger partial charge < -0.3 is 60.3 Å². The van der Waals surface area contributed by atoms with E-state index in [0.29, 0.717) is 24.6 Å². The van der Waals surface area contributed by atoms with Crippen molar-refractivity contribution >= 4 is 98.2 Å². The van der Waals surface area contributed by atoms with Crippen LogP contribution in [0.25, 0.3) is 0 Å². The molecule has 0 aliphatic carbocycles. The summed E-state index contributed by atoms with van der Waals surface area (Å²) in [5, 5.41) is 31.0. The van der Waals surface area contributed by atoms with Crippen molar-refractivity contribution < 1.29 is 74.6 Å². The Morgan fingerprint density at radius 2 is 0.989 bits per heavy atom. The fourth-order valence-electron chi connectivity index (χ4n) is 9.91. The topological polar surface area (TPSA) is 301 Å². The van der Waals surface area contributed by atoms with Gasteiger partial charge >= 0.3 is 12.2 Å². The molecular weight excluding hydrogens is 1320 g/mol. The predicted molar refractivity (Wildman–Crippen MR) is 339 cm³/mol. The number of hydrogen-bond donors (Lipinski definition) is 6. The van der Waals surface area contributed by atoms with Crippen LogP contribution in [0, 0.1) is 23.7 Å². The van der Waals surface area contributed by atoms with E-state index in [1.165, 1.54) is 57.1 Å². The molecule has 4 aliphatic rings. The van der Waals surface area contributed by atoms with Crippen LogP contribution in [0.4, 0.5) is 21.0 Å². The first-order valence-corrected chi connectivity index (χ1v) is 33.4. The van der Waals surface area contributed by atoms with Crippen molar-refractivity contribution in [1.82, 2.24) is 19.2 Å². The number of alkyl carbamates (subject to hydrolysis) is 2. The van der Waals surface area contributed by atoms with Crippen LogP contribution < -0.4 is 21.7 Å². The summed E-state index contributed by atoms with van der Waals surface area (Å²) in [6, 6.07) is 28.9. The van der Waals surface area contributed by atoms with Crippen molar-refractivity contribution in [3.8, 4) is 0 Å². The summed E-state index contributed by atoms with van der Waals surface area (Å²) in [7, 11) is -7.96. The fraction of sp³-hybridized carbons (Fsp3) is 0.533. The average Bonchev–Trinajstić information content (AvgIpc) is 2.45. The molecule has 0 aromatic heterocycles. The molecule has 3 amide bonds. The second-order valence-corrected chi connectivity index (χ2v) is 27.1. The van der Waals surface area contributed by atoms with Crippen molar-refractivity contribution in [1.29, 1.82) is 0 Å². The zero-order chi connectivity index (χ0) is 61.8. The maximum absolute atomic E-state index is 13.7. The number of nitrogen functional groups attached to an aromatic ring is 1. The van der Waals surface area contributed by atoms with Gasteiger partial charge in [0.15, 0.2) is 12.6 Å². The van der Waals surface area contributed by atoms with Gasteiger partial charge in [0.2, 0.25) is 31.2 Å². The van der Waals surface area contributed by atoms with Crippen LogP contribution in [0.3, 0.4) is 0 Å². The summed E-state index contributed by atoms with van der Waals surface area (Å²) in [6.45, 7) is 9.01. The first-order chi connectivity index (χ1) is 40.5. The number of alkyl halides is 2. The lowest BCUT2D eigenvalue weighted by Gasteiger charge is -2.31. The molecule has 87 heavy (non-hydrogen) atoms. The number of sulfonamides is 2. The van der Waals surface area contributed by atoms with E-state index in [2.05, 4.69) is 47.8 Å². The number of aliphatic hydroxyl groups is 2. The Bertz CT molecular complexity index is 2980. The number of aliphatic hydroxyl groups excluding tert-OH is 2. The van der Waals surface area contributed by atoms with Crippen LogP contribution in [0.15, 0.2) is 119 Å². The van der Waals surface area contributed by atoms with Crippen molar-refractivity contribution in [2.24, 2.45) is 23.7 Å². The Hall–Kier alpha value is -4.81. The largest absolute Gasteiger partial charge is 0.443 e. The smallest absolute Gasteiger partial charge is 0.407 e. The van der Waals surface area contributed by atoms with Crippen LogP contribution in [-0.2, 0) is 70.9 Å². The molecule has 4 fully saturated rings. The highest BCUT2D eigenvalue weighted by atomic mass is 79.9. The Kier molecular flexibility index (Phi) is 31.0. The Balaban J connectivity index is 0.000000339. The lowest BCUT2D eigenvalue weighted by atomic mass is 10.0. The van der Waals surface area contributed by atoms with Gasteiger partial charge in [-0.25, -0.2) is 26.4 Å². The van der Waals surface area contributed by atoms with Crippen molar-refractivity contribution in [3.05, 3.63) is 120 Å². The van der Waals surface area contributed by atoms with Gasteiger partial charge in [0.25, 0.3) is 0 Å². The predicted octanol–water partition coefficient (Wildman–Crippen LogP) is 7.92. The molecule has 4 aliphatic heterocycles. The number of nitrogens with one attached hydrogen (secondary N) is 3.